The SMILES string of the molecule is CCOC(=O)NS(=O)(=O)N1CCCCC1C(C)=O. The number of piperidine rings is 1. The van der Waals surface area contributed by atoms with Crippen LogP contribution in [0.1, 0.15) is 33.1 Å². The van der Waals surface area contributed by atoms with Crippen molar-refractivity contribution >= 4 is 22.1 Å². The van der Waals surface area contributed by atoms with Gasteiger partial charge < -0.3 is 4.74 Å². The van der Waals surface area contributed by atoms with E-state index < -0.39 is 22.3 Å². The molecular formula is C10H18N2O5S. The van der Waals surface area contributed by atoms with Crippen LogP contribution in [0.5, 0.6) is 0 Å². The number of Topliss-reactive ketones (excluding diaryl/α,β-unsaturated/α-hetero) is 1. The molecule has 0 aromatic heterocycles. The molecular weight excluding hydrogens is 260 g/mol. The summed E-state index contributed by atoms with van der Waals surface area (Å²) in [5.74, 6) is -0.219. The smallest absolute Gasteiger partial charge is 0.421 e. The number of hydrogen-bond donors (Lipinski definition) is 1. The van der Waals surface area contributed by atoms with Crippen LogP contribution in [0.15, 0.2) is 0 Å². The second kappa shape index (κ2) is 6.14. The maximum Gasteiger partial charge on any atom is 0.421 e. The van der Waals surface area contributed by atoms with Crippen LogP contribution in [0.25, 0.3) is 0 Å². The minimum Gasteiger partial charge on any atom is -0.449 e. The van der Waals surface area contributed by atoms with Gasteiger partial charge in [0.05, 0.1) is 12.6 Å². The summed E-state index contributed by atoms with van der Waals surface area (Å²) >= 11 is 0. The molecule has 8 heteroatoms. The molecule has 18 heavy (non-hydrogen) atoms. The summed E-state index contributed by atoms with van der Waals surface area (Å²) in [6.45, 7) is 3.24. The highest BCUT2D eigenvalue weighted by Gasteiger charge is 2.36. The second-order valence-electron chi connectivity index (χ2n) is 4.06. The highest BCUT2D eigenvalue weighted by molar-refractivity contribution is 7.87. The zero-order valence-electron chi connectivity index (χ0n) is 10.5. The van der Waals surface area contributed by atoms with Crippen molar-refractivity contribution in [1.29, 1.82) is 0 Å². The Morgan fingerprint density at radius 2 is 2.06 bits per heavy atom. The number of carbonyl (C=O) groups is 2. The van der Waals surface area contributed by atoms with Crippen molar-refractivity contribution in [3.63, 3.8) is 0 Å². The van der Waals surface area contributed by atoms with E-state index in [0.29, 0.717) is 12.8 Å². The molecule has 1 rings (SSSR count). The van der Waals surface area contributed by atoms with Crippen molar-refractivity contribution in [2.24, 2.45) is 0 Å². The Kier molecular flexibility index (Phi) is 5.09. The lowest BCUT2D eigenvalue weighted by molar-refractivity contribution is -0.121. The third-order valence-electron chi connectivity index (χ3n) is 2.72. The Bertz CT molecular complexity index is 420. The van der Waals surface area contributed by atoms with Crippen molar-refractivity contribution < 1.29 is 22.7 Å². The summed E-state index contributed by atoms with van der Waals surface area (Å²) in [4.78, 5) is 22.6. The van der Waals surface area contributed by atoms with Crippen molar-refractivity contribution in [3.8, 4) is 0 Å². The van der Waals surface area contributed by atoms with Crippen LogP contribution in [0, 0.1) is 0 Å². The van der Waals surface area contributed by atoms with Crippen LogP contribution in [-0.2, 0) is 19.7 Å². The highest BCUT2D eigenvalue weighted by Crippen LogP contribution is 2.20. The fourth-order valence-corrected chi connectivity index (χ4v) is 3.27. The zero-order valence-corrected chi connectivity index (χ0v) is 11.3. The van der Waals surface area contributed by atoms with Gasteiger partial charge in [-0.2, -0.15) is 12.7 Å². The average Bonchev–Trinajstić information content (AvgIpc) is 2.28. The Morgan fingerprint density at radius 3 is 2.61 bits per heavy atom. The Balaban J connectivity index is 2.81. The molecule has 0 saturated carbocycles. The van der Waals surface area contributed by atoms with Crippen molar-refractivity contribution in [1.82, 2.24) is 9.03 Å². The predicted octanol–water partition coefficient (Wildman–Crippen LogP) is 0.421. The van der Waals surface area contributed by atoms with E-state index >= 15 is 0 Å². The number of ketones is 1. The molecule has 1 heterocycles. The number of carbonyl (C=O) groups excluding carboxylic acids is 2. The maximum atomic E-state index is 11.9. The molecule has 104 valence electrons. The van der Waals surface area contributed by atoms with E-state index in [0.717, 1.165) is 10.7 Å². The first-order valence-electron chi connectivity index (χ1n) is 5.85. The fourth-order valence-electron chi connectivity index (χ4n) is 1.92. The molecule has 0 aliphatic carbocycles. The number of amides is 1. The van der Waals surface area contributed by atoms with Gasteiger partial charge in [0.1, 0.15) is 5.78 Å². The molecule has 0 aromatic carbocycles. The predicted molar refractivity (Wildman–Crippen MR) is 64.1 cm³/mol. The molecule has 1 N–H and O–H groups in total. The largest absolute Gasteiger partial charge is 0.449 e. The molecule has 1 amide bonds. The molecule has 1 atom stereocenters. The quantitative estimate of drug-likeness (QED) is 0.804. The standard InChI is InChI=1S/C10H18N2O5S/c1-3-17-10(14)11-18(15,16)12-7-5-4-6-9(12)8(2)13/h9H,3-7H2,1-2H3,(H,11,14). The highest BCUT2D eigenvalue weighted by atomic mass is 32.2. The van der Waals surface area contributed by atoms with Crippen LogP contribution in [-0.4, -0.2) is 43.8 Å². The number of hydrogen-bond acceptors (Lipinski definition) is 5. The van der Waals surface area contributed by atoms with E-state index in [4.69, 9.17) is 0 Å². The number of nitrogens with one attached hydrogen (secondary N) is 1. The molecule has 1 fully saturated rings. The molecule has 7 nitrogen and oxygen atoms in total. The number of rotatable bonds is 4. The molecule has 1 aliphatic heterocycles. The molecule has 0 spiro atoms. The maximum absolute atomic E-state index is 11.9. The van der Waals surface area contributed by atoms with Crippen LogP contribution in [0.4, 0.5) is 4.79 Å². The Hall–Kier alpha value is -1.15. The van der Waals surface area contributed by atoms with Gasteiger partial charge in [0.15, 0.2) is 0 Å². The van der Waals surface area contributed by atoms with E-state index in [1.165, 1.54) is 6.92 Å². The monoisotopic (exact) mass is 278 g/mol. The van der Waals surface area contributed by atoms with Gasteiger partial charge in [0.25, 0.3) is 0 Å². The van der Waals surface area contributed by atoms with Crippen molar-refractivity contribution in [2.45, 2.75) is 39.2 Å². The average molecular weight is 278 g/mol. The van der Waals surface area contributed by atoms with Gasteiger partial charge in [0, 0.05) is 6.54 Å². The molecule has 0 aromatic rings. The minimum atomic E-state index is -4.01. The van der Waals surface area contributed by atoms with Gasteiger partial charge >= 0.3 is 16.3 Å². The molecule has 1 aliphatic rings. The third-order valence-corrected chi connectivity index (χ3v) is 4.20. The lowest BCUT2D eigenvalue weighted by Crippen LogP contribution is -2.52. The molecule has 0 radical (unpaired) electrons. The Morgan fingerprint density at radius 1 is 1.39 bits per heavy atom. The van der Waals surface area contributed by atoms with Gasteiger partial charge in [-0.15, -0.1) is 0 Å². The Labute approximate surface area is 107 Å². The first-order valence-corrected chi connectivity index (χ1v) is 7.29. The van der Waals surface area contributed by atoms with E-state index in [2.05, 4.69) is 4.74 Å². The minimum absolute atomic E-state index is 0.0808. The summed E-state index contributed by atoms with van der Waals surface area (Å²) < 4.78 is 31.3. The van der Waals surface area contributed by atoms with E-state index in [-0.39, 0.29) is 18.9 Å². The summed E-state index contributed by atoms with van der Waals surface area (Å²) in [5.41, 5.74) is 0. The third kappa shape index (κ3) is 3.67. The zero-order chi connectivity index (χ0) is 13.8. The van der Waals surface area contributed by atoms with Gasteiger partial charge in [-0.1, -0.05) is 6.42 Å². The van der Waals surface area contributed by atoms with Gasteiger partial charge in [0.2, 0.25) is 0 Å². The van der Waals surface area contributed by atoms with Crippen molar-refractivity contribution in [2.75, 3.05) is 13.2 Å². The first kappa shape index (κ1) is 14.9. The molecule has 1 unspecified atom stereocenters. The van der Waals surface area contributed by atoms with Crippen molar-refractivity contribution in [3.05, 3.63) is 0 Å². The molecule has 1 saturated heterocycles. The lowest BCUT2D eigenvalue weighted by atomic mass is 10.0. The topological polar surface area (TPSA) is 92.8 Å². The van der Waals surface area contributed by atoms with E-state index in [9.17, 15) is 18.0 Å². The summed E-state index contributed by atoms with van der Waals surface area (Å²) in [7, 11) is -4.01. The number of nitrogens with zero attached hydrogens (tertiary/aromatic N) is 1. The second-order valence-corrected chi connectivity index (χ2v) is 5.68. The van der Waals surface area contributed by atoms with Crippen LogP contribution in [0.3, 0.4) is 0 Å². The van der Waals surface area contributed by atoms with Gasteiger partial charge in [-0.3, -0.25) is 4.79 Å². The van der Waals surface area contributed by atoms with E-state index in [1.54, 1.807) is 11.6 Å². The van der Waals surface area contributed by atoms with Crippen LogP contribution in [0.2, 0.25) is 0 Å². The summed E-state index contributed by atoms with van der Waals surface area (Å²) in [6, 6.07) is -0.689. The van der Waals surface area contributed by atoms with E-state index in [1.807, 2.05) is 0 Å². The van der Waals surface area contributed by atoms with Crippen LogP contribution < -0.4 is 4.72 Å². The summed E-state index contributed by atoms with van der Waals surface area (Å²) in [6.07, 6.45) is 0.938. The van der Waals surface area contributed by atoms with Gasteiger partial charge in [-0.25, -0.2) is 9.52 Å². The lowest BCUT2D eigenvalue weighted by Gasteiger charge is -2.32. The van der Waals surface area contributed by atoms with Gasteiger partial charge in [-0.05, 0) is 26.7 Å². The van der Waals surface area contributed by atoms with Crippen LogP contribution >= 0.6 is 0 Å². The first-order chi connectivity index (χ1) is 8.38. The summed E-state index contributed by atoms with van der Waals surface area (Å²) in [5, 5.41) is 0. The number of ether oxygens (including phenoxy) is 1. The normalized spacial score (nSPS) is 21.3. The molecule has 0 bridgehead atoms. The fraction of sp³-hybridized carbons (Fsp3) is 0.800.